The zero-order valence-electron chi connectivity index (χ0n) is 11.4. The molecule has 1 aromatic carbocycles. The van der Waals surface area contributed by atoms with Gasteiger partial charge >= 0.3 is 0 Å². The standard InChI is InChI=1S/C16H19N3O/c20-15(9-12-10-17-11-12)18-8-6-14-4-1-3-13-5-2-7-19-16(13)14/h1-5,7,12,17H,6,8-11H2,(H,18,20). The average molecular weight is 269 g/mol. The molecule has 0 saturated carbocycles. The Morgan fingerprint density at radius 2 is 2.15 bits per heavy atom. The predicted octanol–water partition coefficient (Wildman–Crippen LogP) is 1.50. The van der Waals surface area contributed by atoms with Gasteiger partial charge in [-0.2, -0.15) is 0 Å². The second-order valence-electron chi connectivity index (χ2n) is 5.32. The summed E-state index contributed by atoms with van der Waals surface area (Å²) in [5.74, 6) is 0.680. The smallest absolute Gasteiger partial charge is 0.220 e. The number of carbonyl (C=O) groups is 1. The highest BCUT2D eigenvalue weighted by Crippen LogP contribution is 2.16. The molecular weight excluding hydrogens is 250 g/mol. The van der Waals surface area contributed by atoms with E-state index < -0.39 is 0 Å². The van der Waals surface area contributed by atoms with Crippen molar-refractivity contribution in [3.8, 4) is 0 Å². The highest BCUT2D eigenvalue weighted by atomic mass is 16.1. The Hall–Kier alpha value is -1.94. The van der Waals surface area contributed by atoms with Gasteiger partial charge < -0.3 is 10.6 Å². The third kappa shape index (κ3) is 2.96. The molecule has 1 saturated heterocycles. The fraction of sp³-hybridized carbons (Fsp3) is 0.375. The number of fused-ring (bicyclic) bond motifs is 1. The number of hydrogen-bond acceptors (Lipinski definition) is 3. The molecule has 1 fully saturated rings. The monoisotopic (exact) mass is 269 g/mol. The third-order valence-corrected chi connectivity index (χ3v) is 3.77. The van der Waals surface area contributed by atoms with E-state index in [1.807, 2.05) is 18.3 Å². The van der Waals surface area contributed by atoms with Crippen LogP contribution in [0.1, 0.15) is 12.0 Å². The third-order valence-electron chi connectivity index (χ3n) is 3.77. The summed E-state index contributed by atoms with van der Waals surface area (Å²) in [5, 5.41) is 7.33. The number of nitrogens with one attached hydrogen (secondary N) is 2. The van der Waals surface area contributed by atoms with Gasteiger partial charge in [-0.15, -0.1) is 0 Å². The number of carbonyl (C=O) groups excluding carboxylic acids is 1. The number of benzene rings is 1. The number of para-hydroxylation sites is 1. The maximum absolute atomic E-state index is 11.7. The largest absolute Gasteiger partial charge is 0.356 e. The molecule has 104 valence electrons. The van der Waals surface area contributed by atoms with Gasteiger partial charge in [-0.3, -0.25) is 9.78 Å². The Labute approximate surface area is 118 Å². The summed E-state index contributed by atoms with van der Waals surface area (Å²) in [6.07, 6.45) is 3.28. The highest BCUT2D eigenvalue weighted by molar-refractivity contribution is 5.81. The molecule has 0 radical (unpaired) electrons. The lowest BCUT2D eigenvalue weighted by Gasteiger charge is -2.26. The topological polar surface area (TPSA) is 54.0 Å². The Morgan fingerprint density at radius 3 is 2.95 bits per heavy atom. The van der Waals surface area contributed by atoms with Crippen LogP contribution in [0.4, 0.5) is 0 Å². The van der Waals surface area contributed by atoms with E-state index in [9.17, 15) is 4.79 Å². The molecule has 4 heteroatoms. The predicted molar refractivity (Wildman–Crippen MR) is 79.4 cm³/mol. The normalized spacial score (nSPS) is 15.0. The molecule has 0 spiro atoms. The van der Waals surface area contributed by atoms with Gasteiger partial charge in [-0.25, -0.2) is 0 Å². The number of nitrogens with zero attached hydrogens (tertiary/aromatic N) is 1. The first-order valence-corrected chi connectivity index (χ1v) is 7.13. The Morgan fingerprint density at radius 1 is 1.30 bits per heavy atom. The molecule has 1 amide bonds. The van der Waals surface area contributed by atoms with Crippen LogP contribution >= 0.6 is 0 Å². The molecule has 1 aromatic heterocycles. The van der Waals surface area contributed by atoms with E-state index in [4.69, 9.17) is 0 Å². The molecule has 0 aliphatic carbocycles. The first-order chi connectivity index (χ1) is 9.83. The van der Waals surface area contributed by atoms with E-state index in [-0.39, 0.29) is 5.91 Å². The molecule has 1 aliphatic heterocycles. The van der Waals surface area contributed by atoms with Gasteiger partial charge in [0.05, 0.1) is 5.52 Å². The summed E-state index contributed by atoms with van der Waals surface area (Å²) < 4.78 is 0. The van der Waals surface area contributed by atoms with Gasteiger partial charge in [0, 0.05) is 24.5 Å². The van der Waals surface area contributed by atoms with E-state index >= 15 is 0 Å². The lowest BCUT2D eigenvalue weighted by Crippen LogP contribution is -2.44. The van der Waals surface area contributed by atoms with Gasteiger partial charge in [0.25, 0.3) is 0 Å². The lowest BCUT2D eigenvalue weighted by molar-refractivity contribution is -0.122. The number of hydrogen-bond donors (Lipinski definition) is 2. The second kappa shape index (κ2) is 6.01. The molecule has 0 unspecified atom stereocenters. The van der Waals surface area contributed by atoms with Crippen molar-refractivity contribution in [3.63, 3.8) is 0 Å². The molecule has 0 atom stereocenters. The molecule has 2 N–H and O–H groups in total. The van der Waals surface area contributed by atoms with Crippen LogP contribution < -0.4 is 10.6 Å². The minimum atomic E-state index is 0.157. The van der Waals surface area contributed by atoms with Crippen molar-refractivity contribution in [2.24, 2.45) is 5.92 Å². The van der Waals surface area contributed by atoms with Gasteiger partial charge in [-0.1, -0.05) is 24.3 Å². The molecule has 4 nitrogen and oxygen atoms in total. The van der Waals surface area contributed by atoms with Crippen LogP contribution in [-0.4, -0.2) is 30.5 Å². The van der Waals surface area contributed by atoms with Crippen molar-refractivity contribution in [1.29, 1.82) is 0 Å². The molecule has 0 bridgehead atoms. The van der Waals surface area contributed by atoms with Crippen LogP contribution in [0.5, 0.6) is 0 Å². The summed E-state index contributed by atoms with van der Waals surface area (Å²) in [6.45, 7) is 2.62. The molecule has 2 aromatic rings. The first kappa shape index (κ1) is 13.1. The summed E-state index contributed by atoms with van der Waals surface area (Å²) >= 11 is 0. The van der Waals surface area contributed by atoms with Gasteiger partial charge in [-0.05, 0) is 37.1 Å². The van der Waals surface area contributed by atoms with E-state index in [0.29, 0.717) is 18.9 Å². The fourth-order valence-electron chi connectivity index (χ4n) is 2.53. The Bertz CT molecular complexity index is 602. The molecular formula is C16H19N3O. The quantitative estimate of drug-likeness (QED) is 0.865. The zero-order chi connectivity index (χ0) is 13.8. The van der Waals surface area contributed by atoms with Crippen molar-refractivity contribution in [3.05, 3.63) is 42.1 Å². The Kier molecular flexibility index (Phi) is 3.92. The fourth-order valence-corrected chi connectivity index (χ4v) is 2.53. The van der Waals surface area contributed by atoms with E-state index in [0.717, 1.165) is 30.4 Å². The molecule has 2 heterocycles. The molecule has 3 rings (SSSR count). The second-order valence-corrected chi connectivity index (χ2v) is 5.32. The van der Waals surface area contributed by atoms with Crippen molar-refractivity contribution < 1.29 is 4.79 Å². The maximum Gasteiger partial charge on any atom is 0.220 e. The van der Waals surface area contributed by atoms with Crippen LogP contribution in [0, 0.1) is 5.92 Å². The van der Waals surface area contributed by atoms with E-state index in [1.165, 1.54) is 5.56 Å². The van der Waals surface area contributed by atoms with E-state index in [1.54, 1.807) is 0 Å². The van der Waals surface area contributed by atoms with Crippen molar-refractivity contribution >= 4 is 16.8 Å². The number of rotatable bonds is 5. The Balaban J connectivity index is 1.55. The van der Waals surface area contributed by atoms with Crippen molar-refractivity contribution in [1.82, 2.24) is 15.6 Å². The average Bonchev–Trinajstić information content (AvgIpc) is 2.43. The number of aromatic nitrogens is 1. The molecule has 1 aliphatic rings. The van der Waals surface area contributed by atoms with Crippen LogP contribution in [0.25, 0.3) is 10.9 Å². The first-order valence-electron chi connectivity index (χ1n) is 7.13. The SMILES string of the molecule is O=C(CC1CNC1)NCCc1cccc2cccnc12. The number of amides is 1. The zero-order valence-corrected chi connectivity index (χ0v) is 11.4. The summed E-state index contributed by atoms with van der Waals surface area (Å²) in [4.78, 5) is 16.2. The van der Waals surface area contributed by atoms with E-state index in [2.05, 4.69) is 33.8 Å². The van der Waals surface area contributed by atoms with Crippen LogP contribution in [0.3, 0.4) is 0 Å². The van der Waals surface area contributed by atoms with Crippen LogP contribution in [0.15, 0.2) is 36.5 Å². The van der Waals surface area contributed by atoms with Gasteiger partial charge in [0.1, 0.15) is 0 Å². The lowest BCUT2D eigenvalue weighted by atomic mass is 9.99. The summed E-state index contributed by atoms with van der Waals surface area (Å²) in [5.41, 5.74) is 2.22. The van der Waals surface area contributed by atoms with Crippen molar-refractivity contribution in [2.75, 3.05) is 19.6 Å². The minimum absolute atomic E-state index is 0.157. The molecule has 20 heavy (non-hydrogen) atoms. The number of pyridine rings is 1. The van der Waals surface area contributed by atoms with Gasteiger partial charge in [0.2, 0.25) is 5.91 Å². The van der Waals surface area contributed by atoms with Crippen LogP contribution in [-0.2, 0) is 11.2 Å². The maximum atomic E-state index is 11.7. The van der Waals surface area contributed by atoms with Crippen LogP contribution in [0.2, 0.25) is 0 Å². The minimum Gasteiger partial charge on any atom is -0.356 e. The van der Waals surface area contributed by atoms with Crippen molar-refractivity contribution in [2.45, 2.75) is 12.8 Å². The summed E-state index contributed by atoms with van der Waals surface area (Å²) in [6, 6.07) is 10.2. The highest BCUT2D eigenvalue weighted by Gasteiger charge is 2.19. The summed E-state index contributed by atoms with van der Waals surface area (Å²) in [7, 11) is 0. The van der Waals surface area contributed by atoms with Gasteiger partial charge in [0.15, 0.2) is 0 Å².